The fourth-order valence-corrected chi connectivity index (χ4v) is 3.64. The van der Waals surface area contributed by atoms with Crippen LogP contribution < -0.4 is 20.3 Å². The monoisotopic (exact) mass is 365 g/mol. The molecule has 0 radical (unpaired) electrons. The highest BCUT2D eigenvalue weighted by molar-refractivity contribution is 6.06. The summed E-state index contributed by atoms with van der Waals surface area (Å²) < 4.78 is 5.62. The van der Waals surface area contributed by atoms with Crippen LogP contribution in [0.1, 0.15) is 28.8 Å². The fourth-order valence-electron chi connectivity index (χ4n) is 3.64. The smallest absolute Gasteiger partial charge is 0.251 e. The molecule has 1 saturated heterocycles. The molecule has 2 aliphatic heterocycles. The zero-order valence-electron chi connectivity index (χ0n) is 15.3. The van der Waals surface area contributed by atoms with Gasteiger partial charge in [-0.1, -0.05) is 17.7 Å². The van der Waals surface area contributed by atoms with Crippen molar-refractivity contribution in [2.24, 2.45) is 0 Å². The van der Waals surface area contributed by atoms with Gasteiger partial charge in [-0.15, -0.1) is 0 Å². The van der Waals surface area contributed by atoms with Crippen molar-refractivity contribution in [2.45, 2.75) is 25.8 Å². The summed E-state index contributed by atoms with van der Waals surface area (Å²) in [5.41, 5.74) is 3.41. The molecule has 0 aromatic heterocycles. The van der Waals surface area contributed by atoms with Crippen LogP contribution in [0, 0.1) is 6.92 Å². The van der Waals surface area contributed by atoms with E-state index in [0.29, 0.717) is 24.4 Å². The van der Waals surface area contributed by atoms with E-state index in [1.54, 1.807) is 6.07 Å². The van der Waals surface area contributed by atoms with Gasteiger partial charge in [0.2, 0.25) is 5.91 Å². The molecule has 2 aromatic rings. The quantitative estimate of drug-likeness (QED) is 0.800. The molecular weight excluding hydrogens is 342 g/mol. The van der Waals surface area contributed by atoms with Crippen LogP contribution in [-0.2, 0) is 4.79 Å². The number of benzene rings is 2. The second-order valence-corrected chi connectivity index (χ2v) is 6.99. The summed E-state index contributed by atoms with van der Waals surface area (Å²) in [6, 6.07) is 13.2. The van der Waals surface area contributed by atoms with Crippen LogP contribution in [0.15, 0.2) is 42.5 Å². The Kier molecular flexibility index (Phi) is 4.71. The normalized spacial score (nSPS) is 17.7. The molecule has 0 bridgehead atoms. The molecule has 4 rings (SSSR count). The Morgan fingerprint density at radius 2 is 2.07 bits per heavy atom. The maximum absolute atomic E-state index is 12.4. The molecule has 2 aliphatic rings. The van der Waals surface area contributed by atoms with E-state index < -0.39 is 0 Å². The van der Waals surface area contributed by atoms with Crippen LogP contribution in [0.5, 0.6) is 5.75 Å². The highest BCUT2D eigenvalue weighted by Gasteiger charge is 2.36. The lowest BCUT2D eigenvalue weighted by atomic mass is 10.1. The van der Waals surface area contributed by atoms with Gasteiger partial charge in [0, 0.05) is 12.1 Å². The summed E-state index contributed by atoms with van der Waals surface area (Å²) in [6.45, 7) is 3.71. The Hall–Kier alpha value is -3.02. The zero-order valence-corrected chi connectivity index (χ0v) is 15.3. The van der Waals surface area contributed by atoms with Gasteiger partial charge in [-0.3, -0.25) is 9.59 Å². The van der Waals surface area contributed by atoms with Crippen molar-refractivity contribution in [1.29, 1.82) is 0 Å². The van der Waals surface area contributed by atoms with E-state index in [0.717, 1.165) is 30.8 Å². The van der Waals surface area contributed by atoms with Crippen LogP contribution in [-0.4, -0.2) is 37.6 Å². The summed E-state index contributed by atoms with van der Waals surface area (Å²) in [4.78, 5) is 26.7. The zero-order chi connectivity index (χ0) is 18.8. The number of hydrogen-bond acceptors (Lipinski definition) is 4. The number of amides is 2. The molecule has 0 aliphatic carbocycles. The Bertz CT molecular complexity index is 863. The molecule has 2 aromatic carbocycles. The maximum Gasteiger partial charge on any atom is 0.251 e. The molecule has 1 atom stereocenters. The lowest BCUT2D eigenvalue weighted by molar-refractivity contribution is -0.117. The van der Waals surface area contributed by atoms with Crippen LogP contribution in [0.25, 0.3) is 0 Å². The van der Waals surface area contributed by atoms with Crippen molar-refractivity contribution in [2.75, 3.05) is 29.9 Å². The van der Waals surface area contributed by atoms with Crippen LogP contribution in [0.2, 0.25) is 0 Å². The lowest BCUT2D eigenvalue weighted by Crippen LogP contribution is -2.44. The third-order valence-corrected chi connectivity index (χ3v) is 5.06. The van der Waals surface area contributed by atoms with E-state index in [-0.39, 0.29) is 17.9 Å². The van der Waals surface area contributed by atoms with Gasteiger partial charge < -0.3 is 20.3 Å². The predicted octanol–water partition coefficient (Wildman–Crippen LogP) is 2.72. The minimum Gasteiger partial charge on any atom is -0.492 e. The third-order valence-electron chi connectivity index (χ3n) is 5.06. The van der Waals surface area contributed by atoms with Gasteiger partial charge in [-0.2, -0.15) is 0 Å². The van der Waals surface area contributed by atoms with Gasteiger partial charge in [-0.25, -0.2) is 0 Å². The highest BCUT2D eigenvalue weighted by Crippen LogP contribution is 2.37. The number of carbonyl (C=O) groups excluding carboxylic acids is 2. The van der Waals surface area contributed by atoms with Crippen LogP contribution in [0.3, 0.4) is 0 Å². The van der Waals surface area contributed by atoms with Gasteiger partial charge in [0.25, 0.3) is 5.91 Å². The van der Waals surface area contributed by atoms with Crippen molar-refractivity contribution in [3.63, 3.8) is 0 Å². The number of aryl methyl sites for hydroxylation is 1. The average molecular weight is 365 g/mol. The van der Waals surface area contributed by atoms with Crippen molar-refractivity contribution >= 4 is 23.2 Å². The topological polar surface area (TPSA) is 70.7 Å². The minimum absolute atomic E-state index is 0.0176. The van der Waals surface area contributed by atoms with Gasteiger partial charge in [0.15, 0.2) is 0 Å². The molecule has 140 valence electrons. The second kappa shape index (κ2) is 7.31. The fraction of sp³-hybridized carbons (Fsp3) is 0.333. The average Bonchev–Trinajstić information content (AvgIpc) is 3.17. The summed E-state index contributed by atoms with van der Waals surface area (Å²) in [5.74, 6) is 0.624. The Morgan fingerprint density at radius 3 is 2.89 bits per heavy atom. The van der Waals surface area contributed by atoms with Crippen molar-refractivity contribution in [1.82, 2.24) is 5.32 Å². The maximum atomic E-state index is 12.4. The molecule has 2 N–H and O–H groups in total. The highest BCUT2D eigenvalue weighted by atomic mass is 16.5. The van der Waals surface area contributed by atoms with E-state index >= 15 is 0 Å². The Morgan fingerprint density at radius 1 is 1.26 bits per heavy atom. The molecule has 0 saturated carbocycles. The first kappa shape index (κ1) is 17.4. The van der Waals surface area contributed by atoms with Crippen LogP contribution >= 0.6 is 0 Å². The number of anilines is 2. The first-order valence-corrected chi connectivity index (χ1v) is 9.31. The number of carbonyl (C=O) groups is 2. The summed E-state index contributed by atoms with van der Waals surface area (Å²) in [5, 5.41) is 5.79. The van der Waals surface area contributed by atoms with Gasteiger partial charge in [0.1, 0.15) is 18.4 Å². The third kappa shape index (κ3) is 3.60. The molecular formula is C21H23N3O3. The largest absolute Gasteiger partial charge is 0.492 e. The molecule has 6 nitrogen and oxygen atoms in total. The first-order valence-electron chi connectivity index (χ1n) is 9.31. The van der Waals surface area contributed by atoms with Gasteiger partial charge >= 0.3 is 0 Å². The van der Waals surface area contributed by atoms with Crippen molar-refractivity contribution in [3.05, 3.63) is 53.6 Å². The summed E-state index contributed by atoms with van der Waals surface area (Å²) >= 11 is 0. The number of nitrogens with one attached hydrogen (secondary N) is 2. The lowest BCUT2D eigenvalue weighted by Gasteiger charge is -2.33. The first-order chi connectivity index (χ1) is 13.1. The SMILES string of the molecule is Cc1ccc(OCCNC(=O)c2ccc3c(c2)NC(=O)[C@@H]2CCCN32)cc1. The van der Waals surface area contributed by atoms with E-state index in [4.69, 9.17) is 4.74 Å². The van der Waals surface area contributed by atoms with Crippen molar-refractivity contribution in [3.8, 4) is 5.75 Å². The molecule has 2 heterocycles. The molecule has 0 spiro atoms. The summed E-state index contributed by atoms with van der Waals surface area (Å²) in [7, 11) is 0. The summed E-state index contributed by atoms with van der Waals surface area (Å²) in [6.07, 6.45) is 1.90. The Balaban J connectivity index is 1.35. The number of hydrogen-bond donors (Lipinski definition) is 2. The molecule has 27 heavy (non-hydrogen) atoms. The van der Waals surface area contributed by atoms with E-state index in [9.17, 15) is 9.59 Å². The van der Waals surface area contributed by atoms with Gasteiger partial charge in [-0.05, 0) is 50.1 Å². The molecule has 2 amide bonds. The number of fused-ring (bicyclic) bond motifs is 3. The number of ether oxygens (including phenoxy) is 1. The number of rotatable bonds is 5. The van der Waals surface area contributed by atoms with E-state index in [2.05, 4.69) is 15.5 Å². The molecule has 6 heteroatoms. The van der Waals surface area contributed by atoms with Crippen molar-refractivity contribution < 1.29 is 14.3 Å². The van der Waals surface area contributed by atoms with E-state index in [1.807, 2.05) is 43.3 Å². The predicted molar refractivity (Wildman–Crippen MR) is 104 cm³/mol. The minimum atomic E-state index is -0.178. The molecule has 0 unspecified atom stereocenters. The van der Waals surface area contributed by atoms with Gasteiger partial charge in [0.05, 0.1) is 17.9 Å². The second-order valence-electron chi connectivity index (χ2n) is 6.99. The number of nitrogens with zero attached hydrogens (tertiary/aromatic N) is 1. The van der Waals surface area contributed by atoms with Crippen LogP contribution in [0.4, 0.5) is 11.4 Å². The standard InChI is InChI=1S/C21H23N3O3/c1-14-4-7-16(8-5-14)27-12-10-22-20(25)15-6-9-18-17(13-15)23-21(26)19-3-2-11-24(18)19/h4-9,13,19H,2-3,10-12H2,1H3,(H,22,25)(H,23,26)/t19-/m0/s1. The van der Waals surface area contributed by atoms with E-state index in [1.165, 1.54) is 5.56 Å². The Labute approximate surface area is 158 Å². The molecule has 1 fully saturated rings.